The van der Waals surface area contributed by atoms with Crippen LogP contribution in [0.15, 0.2) is 142 Å². The van der Waals surface area contributed by atoms with Crippen molar-refractivity contribution in [1.82, 2.24) is 29.9 Å². The number of pyridine rings is 6. The second-order valence-corrected chi connectivity index (χ2v) is 10.3. The van der Waals surface area contributed by atoms with E-state index in [1.165, 1.54) is 18.2 Å². The van der Waals surface area contributed by atoms with Crippen LogP contribution in [0.2, 0.25) is 0 Å². The molecule has 0 amide bonds. The average molecular weight is 644 g/mol. The van der Waals surface area contributed by atoms with E-state index in [4.69, 9.17) is 0 Å². The fourth-order valence-electron chi connectivity index (χ4n) is 5.28. The number of nitrogens with zero attached hydrogens (tertiary/aromatic N) is 3. The molecule has 0 spiro atoms. The number of fused-ring (bicyclic) bond motifs is 9. The first-order valence-electron chi connectivity index (χ1n) is 14.1. The second-order valence-electron chi connectivity index (χ2n) is 10.3. The summed E-state index contributed by atoms with van der Waals surface area (Å²) in [5, 5.41) is 6.10. The predicted octanol–water partition coefficient (Wildman–Crippen LogP) is 6.23. The molecule has 0 aliphatic carbocycles. The molecule has 0 radical (unpaired) electrons. The molecule has 0 atom stereocenters. The van der Waals surface area contributed by atoms with Crippen molar-refractivity contribution in [1.29, 1.82) is 0 Å². The van der Waals surface area contributed by atoms with Gasteiger partial charge in [0.25, 0.3) is 0 Å². The molecule has 3 aromatic carbocycles. The van der Waals surface area contributed by atoms with Crippen LogP contribution in [0.4, 0.5) is 0 Å². The van der Waals surface area contributed by atoms with Gasteiger partial charge >= 0.3 is 0 Å². The van der Waals surface area contributed by atoms with E-state index in [-0.39, 0.29) is 33.7 Å². The van der Waals surface area contributed by atoms with Gasteiger partial charge in [-0.05, 0) is 36.4 Å². The van der Waals surface area contributed by atoms with E-state index in [9.17, 15) is 14.4 Å². The summed E-state index contributed by atoms with van der Waals surface area (Å²) in [5.41, 5.74) is 4.65. The van der Waals surface area contributed by atoms with Gasteiger partial charge in [0.2, 0.25) is 16.7 Å². The summed E-state index contributed by atoms with van der Waals surface area (Å²) >= 11 is 0. The van der Waals surface area contributed by atoms with Gasteiger partial charge in [0.05, 0.1) is 33.1 Å². The summed E-state index contributed by atoms with van der Waals surface area (Å²) in [6.45, 7) is 0. The van der Waals surface area contributed by atoms with Crippen molar-refractivity contribution in [3.05, 3.63) is 159 Å². The number of hydrogen-bond donors (Lipinski definition) is 3. The van der Waals surface area contributed by atoms with Gasteiger partial charge in [-0.2, -0.15) is 0 Å². The van der Waals surface area contributed by atoms with Gasteiger partial charge < -0.3 is 15.0 Å². The molecule has 9 aromatic rings. The van der Waals surface area contributed by atoms with Gasteiger partial charge in [-0.3, -0.25) is 29.3 Å². The van der Waals surface area contributed by atoms with Crippen molar-refractivity contribution >= 4 is 65.4 Å². The fraction of sp³-hybridized carbons (Fsp3) is 0. The van der Waals surface area contributed by atoms with Gasteiger partial charge in [-0.15, -0.1) is 0 Å². The molecule has 0 fully saturated rings. The first kappa shape index (κ1) is 30.1. The van der Waals surface area contributed by atoms with E-state index < -0.39 is 0 Å². The number of aromatic nitrogens is 6. The van der Waals surface area contributed by atoms with Crippen molar-refractivity contribution in [3.63, 3.8) is 0 Å². The number of nitrogens with one attached hydrogen (secondary N) is 3. The molecule has 6 heterocycles. The van der Waals surface area contributed by atoms with Gasteiger partial charge in [0, 0.05) is 86.2 Å². The van der Waals surface area contributed by atoms with E-state index in [1.807, 2.05) is 91.0 Å². The zero-order chi connectivity index (χ0) is 30.8. The third kappa shape index (κ3) is 6.03. The van der Waals surface area contributed by atoms with Crippen LogP contribution in [0.25, 0.3) is 65.4 Å². The van der Waals surface area contributed by atoms with E-state index in [1.54, 1.807) is 18.6 Å². The minimum absolute atomic E-state index is 0. The summed E-state index contributed by atoms with van der Waals surface area (Å²) < 4.78 is 0. The minimum Gasteiger partial charge on any atom is -0.320 e. The summed E-state index contributed by atoms with van der Waals surface area (Å²) in [5.74, 6) is 0. The normalized spacial score (nSPS) is 10.7. The fourth-order valence-corrected chi connectivity index (χ4v) is 5.28. The van der Waals surface area contributed by atoms with Crippen LogP contribution in [0.3, 0.4) is 0 Å². The van der Waals surface area contributed by atoms with Crippen LogP contribution in [0.5, 0.6) is 0 Å². The van der Waals surface area contributed by atoms with Crippen LogP contribution < -0.4 is 16.7 Å². The number of hydrogen-bond acceptors (Lipinski definition) is 6. The SMILES string of the molecule is O=c1ccc2ccc3cccnc3c2[nH]1.O=c1ccc2ccc3cccnc3c2[nH]1.O=c1ccc2ccc3cccnc3c2[nH]1.[Fe]. The maximum absolute atomic E-state index is 11.2. The average Bonchev–Trinajstić information content (AvgIpc) is 3.08. The van der Waals surface area contributed by atoms with E-state index >= 15 is 0 Å². The largest absolute Gasteiger partial charge is 0.320 e. The van der Waals surface area contributed by atoms with Gasteiger partial charge in [-0.1, -0.05) is 54.6 Å². The summed E-state index contributed by atoms with van der Waals surface area (Å²) in [7, 11) is 0. The minimum atomic E-state index is -0.0966. The number of rotatable bonds is 0. The molecular weight excluding hydrogens is 620 g/mol. The molecule has 0 aliphatic heterocycles. The molecule has 6 aromatic heterocycles. The Labute approximate surface area is 270 Å². The number of aromatic amines is 3. The molecule has 3 N–H and O–H groups in total. The summed E-state index contributed by atoms with van der Waals surface area (Å²) in [6.07, 6.45) is 5.19. The van der Waals surface area contributed by atoms with Crippen molar-refractivity contribution in [2.45, 2.75) is 0 Å². The van der Waals surface area contributed by atoms with Crippen molar-refractivity contribution in [3.8, 4) is 0 Å². The van der Waals surface area contributed by atoms with Crippen LogP contribution in [-0.2, 0) is 17.1 Å². The first-order chi connectivity index (χ1) is 22.0. The molecule has 46 heavy (non-hydrogen) atoms. The summed E-state index contributed by atoms with van der Waals surface area (Å²) in [4.78, 5) is 55.0. The maximum Gasteiger partial charge on any atom is 0.248 e. The van der Waals surface area contributed by atoms with E-state index in [2.05, 4.69) is 29.9 Å². The third-order valence-electron chi connectivity index (χ3n) is 7.41. The monoisotopic (exact) mass is 644 g/mol. The van der Waals surface area contributed by atoms with Gasteiger partial charge in [-0.25, -0.2) is 0 Å². The molecule has 0 aliphatic rings. The predicted molar refractivity (Wildman–Crippen MR) is 180 cm³/mol. The number of benzene rings is 3. The van der Waals surface area contributed by atoms with Gasteiger partial charge in [0.1, 0.15) is 0 Å². The molecule has 9 rings (SSSR count). The Morgan fingerprint density at radius 3 is 0.913 bits per heavy atom. The van der Waals surface area contributed by atoms with Gasteiger partial charge in [0.15, 0.2) is 0 Å². The Morgan fingerprint density at radius 2 is 0.609 bits per heavy atom. The van der Waals surface area contributed by atoms with Crippen molar-refractivity contribution < 1.29 is 17.1 Å². The smallest absolute Gasteiger partial charge is 0.248 e. The van der Waals surface area contributed by atoms with E-state index in [0.29, 0.717) is 0 Å². The Balaban J connectivity index is 0.000000120. The first-order valence-corrected chi connectivity index (χ1v) is 14.1. The quantitative estimate of drug-likeness (QED) is 0.132. The molecule has 0 bridgehead atoms. The van der Waals surface area contributed by atoms with Crippen LogP contribution in [0, 0.1) is 0 Å². The molecule has 224 valence electrons. The molecule has 0 unspecified atom stereocenters. The zero-order valence-electron chi connectivity index (χ0n) is 24.0. The zero-order valence-corrected chi connectivity index (χ0v) is 25.1. The Kier molecular flexibility index (Phi) is 8.47. The Hall–Kier alpha value is -5.96. The molecule has 0 saturated heterocycles. The van der Waals surface area contributed by atoms with Crippen molar-refractivity contribution in [2.24, 2.45) is 0 Å². The topological polar surface area (TPSA) is 137 Å². The molecule has 10 heteroatoms. The third-order valence-corrected chi connectivity index (χ3v) is 7.41. The van der Waals surface area contributed by atoms with Crippen LogP contribution in [-0.4, -0.2) is 29.9 Å². The molecule has 0 saturated carbocycles. The standard InChI is InChI=1S/3C12H8N2O.Fe/c3*15-10-6-5-9-4-3-8-2-1-7-13-11(8)12(9)14-10;/h3*1-7H,(H,14,15);. The molecule has 9 nitrogen and oxygen atoms in total. The number of H-pyrrole nitrogens is 3. The van der Waals surface area contributed by atoms with Crippen LogP contribution >= 0.6 is 0 Å². The maximum atomic E-state index is 11.2. The van der Waals surface area contributed by atoms with Crippen LogP contribution in [0.1, 0.15) is 0 Å². The molecular formula is C36H24FeN6O3. The summed E-state index contributed by atoms with van der Waals surface area (Å²) in [6, 6.07) is 33.5. The second kappa shape index (κ2) is 13.0. The Bertz CT molecular complexity index is 2410. The van der Waals surface area contributed by atoms with E-state index in [0.717, 1.165) is 65.4 Å². The Morgan fingerprint density at radius 1 is 0.348 bits per heavy atom. The van der Waals surface area contributed by atoms with Crippen molar-refractivity contribution in [2.75, 3.05) is 0 Å².